The van der Waals surface area contributed by atoms with E-state index in [0.717, 1.165) is 0 Å². The monoisotopic (exact) mass is 373 g/mol. The van der Waals surface area contributed by atoms with Gasteiger partial charge in [-0.25, -0.2) is 9.79 Å². The van der Waals surface area contributed by atoms with Crippen molar-refractivity contribution in [1.29, 1.82) is 0 Å². The molecule has 0 spiro atoms. The Hall–Kier alpha value is -2.99. The van der Waals surface area contributed by atoms with Gasteiger partial charge in [-0.1, -0.05) is 23.7 Å². The van der Waals surface area contributed by atoms with Crippen molar-refractivity contribution in [2.24, 2.45) is 4.99 Å². The van der Waals surface area contributed by atoms with E-state index >= 15 is 0 Å². The molecule has 0 N–H and O–H groups in total. The Balaban J connectivity index is 2.00. The second-order valence-electron chi connectivity index (χ2n) is 5.27. The molecule has 0 aliphatic carbocycles. The van der Waals surface area contributed by atoms with E-state index in [0.29, 0.717) is 33.4 Å². The van der Waals surface area contributed by atoms with Crippen LogP contribution in [0.5, 0.6) is 17.2 Å². The van der Waals surface area contributed by atoms with Crippen molar-refractivity contribution in [2.45, 2.75) is 0 Å². The third-order valence-electron chi connectivity index (χ3n) is 3.72. The molecule has 0 radical (unpaired) electrons. The molecule has 0 aromatic heterocycles. The summed E-state index contributed by atoms with van der Waals surface area (Å²) in [5.74, 6) is 1.06. The molecule has 3 rings (SSSR count). The molecule has 6 nitrogen and oxygen atoms in total. The standard InChI is InChI=1S/C19H16ClNO5/c1-23-15-7-5-4-6-12(15)18-21-14(19(22)26-18)9-11-8-13(20)17(25-3)16(10-11)24-2/h4-10H,1-3H3/b14-9-. The molecule has 2 aromatic carbocycles. The number of halogens is 1. The Morgan fingerprint density at radius 2 is 1.77 bits per heavy atom. The number of carbonyl (C=O) groups is 1. The van der Waals surface area contributed by atoms with Crippen LogP contribution in [-0.2, 0) is 9.53 Å². The van der Waals surface area contributed by atoms with Crippen LogP contribution in [0.2, 0.25) is 5.02 Å². The predicted octanol–water partition coefficient (Wildman–Crippen LogP) is 3.71. The summed E-state index contributed by atoms with van der Waals surface area (Å²) in [6.45, 7) is 0. The van der Waals surface area contributed by atoms with Gasteiger partial charge in [0.1, 0.15) is 5.75 Å². The van der Waals surface area contributed by atoms with Crippen LogP contribution in [-0.4, -0.2) is 33.2 Å². The Morgan fingerprint density at radius 1 is 1.04 bits per heavy atom. The fourth-order valence-electron chi connectivity index (χ4n) is 2.52. The molecular formula is C19H16ClNO5. The van der Waals surface area contributed by atoms with Gasteiger partial charge in [0.2, 0.25) is 5.90 Å². The van der Waals surface area contributed by atoms with Crippen molar-refractivity contribution in [3.63, 3.8) is 0 Å². The number of cyclic esters (lactones) is 1. The van der Waals surface area contributed by atoms with Gasteiger partial charge in [-0.2, -0.15) is 0 Å². The van der Waals surface area contributed by atoms with E-state index in [2.05, 4.69) is 4.99 Å². The van der Waals surface area contributed by atoms with Crippen LogP contribution in [0.25, 0.3) is 6.08 Å². The van der Waals surface area contributed by atoms with E-state index in [1.165, 1.54) is 14.2 Å². The van der Waals surface area contributed by atoms with Crippen molar-refractivity contribution >= 4 is 29.5 Å². The maximum atomic E-state index is 12.2. The summed E-state index contributed by atoms with van der Waals surface area (Å²) >= 11 is 6.20. The molecule has 1 heterocycles. The number of benzene rings is 2. The van der Waals surface area contributed by atoms with Crippen molar-refractivity contribution in [3.8, 4) is 17.2 Å². The first-order valence-electron chi connectivity index (χ1n) is 7.65. The lowest BCUT2D eigenvalue weighted by Gasteiger charge is -2.10. The molecule has 0 unspecified atom stereocenters. The third kappa shape index (κ3) is 3.36. The van der Waals surface area contributed by atoms with E-state index in [-0.39, 0.29) is 11.6 Å². The van der Waals surface area contributed by atoms with Crippen LogP contribution in [0, 0.1) is 0 Å². The van der Waals surface area contributed by atoms with E-state index in [1.54, 1.807) is 37.5 Å². The highest BCUT2D eigenvalue weighted by atomic mass is 35.5. The van der Waals surface area contributed by atoms with Crippen LogP contribution in [0.15, 0.2) is 47.1 Å². The topological polar surface area (TPSA) is 66.3 Å². The van der Waals surface area contributed by atoms with Crippen LogP contribution >= 0.6 is 11.6 Å². The van der Waals surface area contributed by atoms with Gasteiger partial charge in [-0.15, -0.1) is 0 Å². The first kappa shape index (κ1) is 17.8. The summed E-state index contributed by atoms with van der Waals surface area (Å²) in [6.07, 6.45) is 1.57. The zero-order chi connectivity index (χ0) is 18.7. The van der Waals surface area contributed by atoms with Crippen LogP contribution in [0.4, 0.5) is 0 Å². The van der Waals surface area contributed by atoms with Crippen molar-refractivity contribution in [1.82, 2.24) is 0 Å². The second kappa shape index (κ2) is 7.49. The minimum atomic E-state index is -0.559. The van der Waals surface area contributed by atoms with Gasteiger partial charge in [0.05, 0.1) is 31.9 Å². The highest BCUT2D eigenvalue weighted by Gasteiger charge is 2.26. The fourth-order valence-corrected chi connectivity index (χ4v) is 2.82. The number of carbonyl (C=O) groups excluding carboxylic acids is 1. The SMILES string of the molecule is COc1ccccc1C1=N/C(=C\c2cc(Cl)c(OC)c(OC)c2)C(=O)O1. The van der Waals surface area contributed by atoms with Crippen molar-refractivity contribution < 1.29 is 23.7 Å². The molecule has 0 fully saturated rings. The fraction of sp³-hybridized carbons (Fsp3) is 0.158. The first-order valence-corrected chi connectivity index (χ1v) is 8.02. The summed E-state index contributed by atoms with van der Waals surface area (Å²) < 4.78 is 21.0. The van der Waals surface area contributed by atoms with E-state index in [1.807, 2.05) is 12.1 Å². The Labute approximate surface area is 155 Å². The molecule has 0 amide bonds. The molecule has 1 aliphatic heterocycles. The smallest absolute Gasteiger partial charge is 0.363 e. The van der Waals surface area contributed by atoms with Gasteiger partial charge >= 0.3 is 5.97 Å². The Bertz CT molecular complexity index is 920. The second-order valence-corrected chi connectivity index (χ2v) is 5.68. The number of ether oxygens (including phenoxy) is 4. The van der Waals surface area contributed by atoms with Crippen molar-refractivity contribution in [2.75, 3.05) is 21.3 Å². The number of hydrogen-bond donors (Lipinski definition) is 0. The summed E-state index contributed by atoms with van der Waals surface area (Å²) in [5.41, 5.74) is 1.37. The number of esters is 1. The summed E-state index contributed by atoms with van der Waals surface area (Å²) in [6, 6.07) is 10.5. The Kier molecular flexibility index (Phi) is 5.14. The molecule has 1 aliphatic rings. The number of nitrogens with zero attached hydrogens (tertiary/aromatic N) is 1. The molecule has 7 heteroatoms. The average molecular weight is 374 g/mol. The minimum absolute atomic E-state index is 0.147. The van der Waals surface area contributed by atoms with E-state index in [4.69, 9.17) is 30.5 Å². The highest BCUT2D eigenvalue weighted by molar-refractivity contribution is 6.32. The van der Waals surface area contributed by atoms with E-state index in [9.17, 15) is 4.79 Å². The minimum Gasteiger partial charge on any atom is -0.496 e. The normalized spacial score (nSPS) is 14.8. The first-order chi connectivity index (χ1) is 12.6. The van der Waals surface area contributed by atoms with Crippen LogP contribution in [0.3, 0.4) is 0 Å². The van der Waals surface area contributed by atoms with Gasteiger partial charge < -0.3 is 18.9 Å². The molecule has 0 saturated carbocycles. The highest BCUT2D eigenvalue weighted by Crippen LogP contribution is 2.37. The number of para-hydroxylation sites is 1. The summed E-state index contributed by atoms with van der Waals surface area (Å²) in [7, 11) is 4.55. The van der Waals surface area contributed by atoms with Crippen LogP contribution < -0.4 is 14.2 Å². The quantitative estimate of drug-likeness (QED) is 0.590. The largest absolute Gasteiger partial charge is 0.496 e. The van der Waals surface area contributed by atoms with E-state index < -0.39 is 5.97 Å². The molecule has 0 bridgehead atoms. The van der Waals surface area contributed by atoms with Gasteiger partial charge in [-0.05, 0) is 35.9 Å². The maximum absolute atomic E-state index is 12.2. The van der Waals surface area contributed by atoms with Gasteiger partial charge in [0, 0.05) is 0 Å². The zero-order valence-corrected chi connectivity index (χ0v) is 15.2. The van der Waals surface area contributed by atoms with Crippen LogP contribution in [0.1, 0.15) is 11.1 Å². The van der Waals surface area contributed by atoms with Gasteiger partial charge in [0.15, 0.2) is 17.2 Å². The molecule has 0 saturated heterocycles. The third-order valence-corrected chi connectivity index (χ3v) is 4.00. The molecule has 26 heavy (non-hydrogen) atoms. The number of hydrogen-bond acceptors (Lipinski definition) is 6. The number of rotatable bonds is 5. The lowest BCUT2D eigenvalue weighted by Crippen LogP contribution is -2.06. The molecule has 2 aromatic rings. The van der Waals surface area contributed by atoms with Gasteiger partial charge in [-0.3, -0.25) is 0 Å². The Morgan fingerprint density at radius 3 is 2.46 bits per heavy atom. The maximum Gasteiger partial charge on any atom is 0.363 e. The number of aliphatic imine (C=N–C) groups is 1. The van der Waals surface area contributed by atoms with Crippen molar-refractivity contribution in [3.05, 3.63) is 58.2 Å². The van der Waals surface area contributed by atoms with Gasteiger partial charge in [0.25, 0.3) is 0 Å². The number of methoxy groups -OCH3 is 3. The summed E-state index contributed by atoms with van der Waals surface area (Å²) in [5, 5.41) is 0.360. The zero-order valence-electron chi connectivity index (χ0n) is 14.4. The predicted molar refractivity (Wildman–Crippen MR) is 98.2 cm³/mol. The summed E-state index contributed by atoms with van der Waals surface area (Å²) in [4.78, 5) is 16.5. The lowest BCUT2D eigenvalue weighted by molar-refractivity contribution is -0.129. The molecule has 134 valence electrons. The molecular weight excluding hydrogens is 358 g/mol. The lowest BCUT2D eigenvalue weighted by atomic mass is 10.1. The average Bonchev–Trinajstić information content (AvgIpc) is 3.01. The molecule has 0 atom stereocenters.